The summed E-state index contributed by atoms with van der Waals surface area (Å²) in [5, 5.41) is 4.35. The Morgan fingerprint density at radius 3 is 2.74 bits per heavy atom. The molecule has 1 saturated heterocycles. The minimum absolute atomic E-state index is 0.0560. The summed E-state index contributed by atoms with van der Waals surface area (Å²) in [6.45, 7) is 0.530. The van der Waals surface area contributed by atoms with Crippen LogP contribution in [0, 0.1) is 5.82 Å². The van der Waals surface area contributed by atoms with Crippen LogP contribution in [0.2, 0.25) is 0 Å². The van der Waals surface area contributed by atoms with Gasteiger partial charge in [0, 0.05) is 25.2 Å². The number of fused-ring (bicyclic) bond motifs is 1. The first-order valence-corrected chi connectivity index (χ1v) is 8.59. The van der Waals surface area contributed by atoms with Gasteiger partial charge in [-0.1, -0.05) is 6.07 Å². The molecule has 1 aromatic carbocycles. The molecule has 1 fully saturated rings. The van der Waals surface area contributed by atoms with Gasteiger partial charge >= 0.3 is 0 Å². The minimum Gasteiger partial charge on any atom is -0.341 e. The molecular formula is C19H17F3N4O. The maximum absolute atomic E-state index is 13.6. The summed E-state index contributed by atoms with van der Waals surface area (Å²) in [5.74, 6) is -0.817. The van der Waals surface area contributed by atoms with Crippen molar-refractivity contribution >= 4 is 16.9 Å². The smallest absolute Gasteiger partial charge is 0.266 e. The molecule has 1 aliphatic heterocycles. The van der Waals surface area contributed by atoms with E-state index in [0.717, 1.165) is 24.1 Å². The maximum atomic E-state index is 13.6. The van der Waals surface area contributed by atoms with Crippen molar-refractivity contribution in [2.45, 2.75) is 31.9 Å². The monoisotopic (exact) mass is 374 g/mol. The molecule has 3 aromatic rings. The molecule has 0 bridgehead atoms. The third kappa shape index (κ3) is 3.15. The van der Waals surface area contributed by atoms with Gasteiger partial charge in [-0.15, -0.1) is 0 Å². The Bertz CT molecular complexity index is 1020. The Morgan fingerprint density at radius 1 is 1.22 bits per heavy atom. The fourth-order valence-electron chi connectivity index (χ4n) is 3.43. The van der Waals surface area contributed by atoms with Crippen molar-refractivity contribution < 1.29 is 18.0 Å². The predicted octanol–water partition coefficient (Wildman–Crippen LogP) is 3.80. The summed E-state index contributed by atoms with van der Waals surface area (Å²) >= 11 is 0. The largest absolute Gasteiger partial charge is 0.341 e. The molecule has 0 unspecified atom stereocenters. The topological polar surface area (TPSA) is 51.0 Å². The molecule has 0 spiro atoms. The van der Waals surface area contributed by atoms with Crippen LogP contribution < -0.4 is 0 Å². The summed E-state index contributed by atoms with van der Waals surface area (Å²) in [6.07, 6.45) is 1.59. The molecule has 5 nitrogen and oxygen atoms in total. The average molecular weight is 374 g/mol. The number of benzene rings is 1. The lowest BCUT2D eigenvalue weighted by Gasteiger charge is -2.20. The molecule has 1 atom stereocenters. The van der Waals surface area contributed by atoms with Crippen LogP contribution in [0.25, 0.3) is 22.2 Å². The SMILES string of the molecule is CN1C(=O)CC[C@@H]1Cn1ncc2ncc(-c3ccc(F)c(C(F)F)c3)cc21. The lowest BCUT2D eigenvalue weighted by molar-refractivity contribution is -0.127. The summed E-state index contributed by atoms with van der Waals surface area (Å²) < 4.78 is 41.3. The van der Waals surface area contributed by atoms with Crippen molar-refractivity contribution in [1.29, 1.82) is 0 Å². The third-order valence-electron chi connectivity index (χ3n) is 5.08. The fourth-order valence-corrected chi connectivity index (χ4v) is 3.43. The number of amides is 1. The van der Waals surface area contributed by atoms with Crippen molar-refractivity contribution in [2.75, 3.05) is 7.05 Å². The highest BCUT2D eigenvalue weighted by Gasteiger charge is 2.28. The van der Waals surface area contributed by atoms with Crippen molar-refractivity contribution in [1.82, 2.24) is 19.7 Å². The number of pyridine rings is 1. The molecule has 0 N–H and O–H groups in total. The van der Waals surface area contributed by atoms with Gasteiger partial charge < -0.3 is 4.90 Å². The second-order valence-electron chi connectivity index (χ2n) is 6.69. The van der Waals surface area contributed by atoms with Crippen molar-refractivity contribution in [3.8, 4) is 11.1 Å². The van der Waals surface area contributed by atoms with Gasteiger partial charge in [-0.05, 0) is 30.2 Å². The average Bonchev–Trinajstić information content (AvgIpc) is 3.20. The molecule has 1 amide bonds. The van der Waals surface area contributed by atoms with E-state index in [2.05, 4.69) is 10.1 Å². The zero-order chi connectivity index (χ0) is 19.1. The number of aromatic nitrogens is 3. The second-order valence-corrected chi connectivity index (χ2v) is 6.69. The zero-order valence-electron chi connectivity index (χ0n) is 14.6. The van der Waals surface area contributed by atoms with Gasteiger partial charge in [-0.2, -0.15) is 5.10 Å². The van der Waals surface area contributed by atoms with E-state index in [1.54, 1.807) is 35.1 Å². The first-order valence-electron chi connectivity index (χ1n) is 8.59. The molecule has 3 heterocycles. The minimum atomic E-state index is -2.89. The van der Waals surface area contributed by atoms with Crippen LogP contribution in [-0.4, -0.2) is 38.7 Å². The van der Waals surface area contributed by atoms with Crippen LogP contribution in [0.3, 0.4) is 0 Å². The van der Waals surface area contributed by atoms with Gasteiger partial charge in [0.15, 0.2) is 0 Å². The molecule has 140 valence electrons. The first kappa shape index (κ1) is 17.5. The van der Waals surface area contributed by atoms with Crippen molar-refractivity contribution in [2.24, 2.45) is 0 Å². The number of alkyl halides is 2. The van der Waals surface area contributed by atoms with E-state index in [0.29, 0.717) is 29.6 Å². The highest BCUT2D eigenvalue weighted by Crippen LogP contribution is 2.29. The molecule has 4 rings (SSSR count). The molecule has 8 heteroatoms. The fraction of sp³-hybridized carbons (Fsp3) is 0.316. The van der Waals surface area contributed by atoms with Crippen LogP contribution >= 0.6 is 0 Å². The van der Waals surface area contributed by atoms with Crippen molar-refractivity contribution in [3.63, 3.8) is 0 Å². The van der Waals surface area contributed by atoms with E-state index in [1.807, 2.05) is 0 Å². The Morgan fingerprint density at radius 2 is 2.04 bits per heavy atom. The Kier molecular flexibility index (Phi) is 4.33. The zero-order valence-corrected chi connectivity index (χ0v) is 14.6. The van der Waals surface area contributed by atoms with Gasteiger partial charge in [-0.3, -0.25) is 14.5 Å². The lowest BCUT2D eigenvalue weighted by Crippen LogP contribution is -2.32. The molecular weight excluding hydrogens is 357 g/mol. The van der Waals surface area contributed by atoms with E-state index in [1.165, 1.54) is 6.07 Å². The normalized spacial score (nSPS) is 17.4. The van der Waals surface area contributed by atoms with E-state index >= 15 is 0 Å². The van der Waals surface area contributed by atoms with E-state index in [9.17, 15) is 18.0 Å². The van der Waals surface area contributed by atoms with Gasteiger partial charge in [0.25, 0.3) is 6.43 Å². The standard InChI is InChI=1S/C19H17F3N4O/c1-25-13(3-5-18(25)27)10-26-17-7-12(8-23-16(17)9-24-26)11-2-4-15(20)14(6-11)19(21)22/h2,4,6-9,13,19H,3,5,10H2,1H3/t13-/m1/s1. The summed E-state index contributed by atoms with van der Waals surface area (Å²) in [4.78, 5) is 17.8. The second kappa shape index (κ2) is 6.68. The van der Waals surface area contributed by atoms with Gasteiger partial charge in [0.1, 0.15) is 11.3 Å². The maximum Gasteiger partial charge on any atom is 0.266 e. The number of hydrogen-bond acceptors (Lipinski definition) is 3. The van der Waals surface area contributed by atoms with Gasteiger partial charge in [0.2, 0.25) is 5.91 Å². The van der Waals surface area contributed by atoms with Crippen LogP contribution in [0.15, 0.2) is 36.7 Å². The summed E-state index contributed by atoms with van der Waals surface area (Å²) in [6, 6.07) is 5.49. The number of likely N-dealkylation sites (N-methyl/N-ethyl adjacent to an activating group) is 1. The van der Waals surface area contributed by atoms with Gasteiger partial charge in [-0.25, -0.2) is 13.2 Å². The molecule has 0 radical (unpaired) electrons. The number of halogens is 3. The molecule has 27 heavy (non-hydrogen) atoms. The number of nitrogens with zero attached hydrogens (tertiary/aromatic N) is 4. The van der Waals surface area contributed by atoms with Gasteiger partial charge in [0.05, 0.1) is 29.9 Å². The highest BCUT2D eigenvalue weighted by molar-refractivity contribution is 5.81. The van der Waals surface area contributed by atoms with Crippen LogP contribution in [0.4, 0.5) is 13.2 Å². The number of likely N-dealkylation sites (tertiary alicyclic amines) is 1. The quantitative estimate of drug-likeness (QED) is 0.698. The first-order chi connectivity index (χ1) is 12.9. The van der Waals surface area contributed by atoms with E-state index < -0.39 is 17.8 Å². The van der Waals surface area contributed by atoms with Crippen LogP contribution in [0.1, 0.15) is 24.8 Å². The third-order valence-corrected chi connectivity index (χ3v) is 5.08. The lowest BCUT2D eigenvalue weighted by atomic mass is 10.0. The Labute approximate surface area is 153 Å². The number of carbonyl (C=O) groups excluding carboxylic acids is 1. The summed E-state index contributed by atoms with van der Waals surface area (Å²) in [5.41, 5.74) is 1.83. The highest BCUT2D eigenvalue weighted by atomic mass is 19.3. The molecule has 0 aliphatic carbocycles. The van der Waals surface area contributed by atoms with Crippen LogP contribution in [0.5, 0.6) is 0 Å². The van der Waals surface area contributed by atoms with E-state index in [4.69, 9.17) is 0 Å². The predicted molar refractivity (Wildman–Crippen MR) is 93.7 cm³/mol. The number of rotatable bonds is 4. The van der Waals surface area contributed by atoms with E-state index in [-0.39, 0.29) is 11.9 Å². The summed E-state index contributed by atoms with van der Waals surface area (Å²) in [7, 11) is 1.78. The van der Waals surface area contributed by atoms with Crippen molar-refractivity contribution in [3.05, 3.63) is 48.0 Å². The molecule has 0 saturated carbocycles. The molecule has 1 aliphatic rings. The Hall–Kier alpha value is -2.90. The Balaban J connectivity index is 1.70. The number of hydrogen-bond donors (Lipinski definition) is 0. The van der Waals surface area contributed by atoms with Crippen LogP contribution in [-0.2, 0) is 11.3 Å². The number of carbonyl (C=O) groups is 1. The molecule has 2 aromatic heterocycles.